The summed E-state index contributed by atoms with van der Waals surface area (Å²) in [5.41, 5.74) is 7.15. The Morgan fingerprint density at radius 3 is 2.34 bits per heavy atom. The number of carbonyl (C=O) groups excluding carboxylic acids is 3. The fraction of sp³-hybridized carbons (Fsp3) is 0.435. The van der Waals surface area contributed by atoms with Crippen LogP contribution in [-0.2, 0) is 27.6 Å². The quantitative estimate of drug-likeness (QED) is 0.600. The van der Waals surface area contributed by atoms with Crippen LogP contribution in [0.3, 0.4) is 0 Å². The third kappa shape index (κ3) is 5.19. The summed E-state index contributed by atoms with van der Waals surface area (Å²) in [7, 11) is -3.78. The number of hydrogen-bond donors (Lipinski definition) is 2. The average molecular weight is 521 g/mol. The van der Waals surface area contributed by atoms with E-state index < -0.39 is 27.9 Å². The molecule has 1 saturated heterocycles. The number of nitrogens with zero attached hydrogens (tertiary/aromatic N) is 2. The monoisotopic (exact) mass is 520 g/mol. The third-order valence-electron chi connectivity index (χ3n) is 6.16. The molecule has 35 heavy (non-hydrogen) atoms. The fourth-order valence-electron chi connectivity index (χ4n) is 4.34. The molecule has 1 fully saturated rings. The first kappa shape index (κ1) is 25.1. The zero-order chi connectivity index (χ0) is 25.2. The van der Waals surface area contributed by atoms with Gasteiger partial charge in [0.25, 0.3) is 11.8 Å². The number of nitrogens with one attached hydrogen (secondary N) is 1. The van der Waals surface area contributed by atoms with Gasteiger partial charge in [0, 0.05) is 36.6 Å². The van der Waals surface area contributed by atoms with Gasteiger partial charge in [-0.1, -0.05) is 0 Å². The number of amides is 3. The van der Waals surface area contributed by atoms with Crippen LogP contribution < -0.4 is 11.1 Å². The Hall–Kier alpha value is -2.96. The Morgan fingerprint density at radius 1 is 1.06 bits per heavy atom. The molecular weight excluding hydrogens is 492 g/mol. The van der Waals surface area contributed by atoms with E-state index >= 15 is 0 Å². The second-order valence-corrected chi connectivity index (χ2v) is 11.4. The number of carbonyl (C=O) groups is 3. The van der Waals surface area contributed by atoms with Gasteiger partial charge in [-0.25, -0.2) is 13.2 Å². The molecule has 0 radical (unpaired) electrons. The van der Waals surface area contributed by atoms with Crippen LogP contribution in [0.15, 0.2) is 29.2 Å². The minimum absolute atomic E-state index is 0.0584. The van der Waals surface area contributed by atoms with Gasteiger partial charge < -0.3 is 20.7 Å². The first-order chi connectivity index (χ1) is 16.7. The summed E-state index contributed by atoms with van der Waals surface area (Å²) < 4.78 is 32.3. The molecule has 2 aliphatic rings. The molecule has 0 spiro atoms. The zero-order valence-corrected chi connectivity index (χ0v) is 21.0. The molecule has 188 valence electrons. The lowest BCUT2D eigenvalue weighted by Crippen LogP contribution is -2.50. The van der Waals surface area contributed by atoms with Crippen molar-refractivity contribution in [2.24, 2.45) is 5.73 Å². The van der Waals surface area contributed by atoms with E-state index in [9.17, 15) is 22.8 Å². The minimum atomic E-state index is -3.78. The highest BCUT2D eigenvalue weighted by atomic mass is 32.2. The maximum atomic E-state index is 13.0. The fourth-order valence-corrected chi connectivity index (χ4v) is 7.05. The largest absolute Gasteiger partial charge is 0.450 e. The van der Waals surface area contributed by atoms with E-state index in [0.29, 0.717) is 10.6 Å². The van der Waals surface area contributed by atoms with Gasteiger partial charge in [0.05, 0.1) is 17.1 Å². The molecule has 0 saturated carbocycles. The number of anilines is 1. The van der Waals surface area contributed by atoms with Crippen LogP contribution >= 0.6 is 11.3 Å². The summed E-state index contributed by atoms with van der Waals surface area (Å²) in [5, 5.41) is 3.22. The third-order valence-corrected chi connectivity index (χ3v) is 9.28. The van der Waals surface area contributed by atoms with Gasteiger partial charge in [0.15, 0.2) is 0 Å². The van der Waals surface area contributed by atoms with Crippen LogP contribution in [0.2, 0.25) is 0 Å². The van der Waals surface area contributed by atoms with Gasteiger partial charge in [-0.05, 0) is 62.4 Å². The van der Waals surface area contributed by atoms with Crippen molar-refractivity contribution in [1.29, 1.82) is 0 Å². The molecule has 2 aromatic rings. The summed E-state index contributed by atoms with van der Waals surface area (Å²) in [6.07, 6.45) is 3.18. The predicted molar refractivity (Wildman–Crippen MR) is 131 cm³/mol. The number of rotatable bonds is 6. The molecule has 2 heterocycles. The Kier molecular flexibility index (Phi) is 7.43. The van der Waals surface area contributed by atoms with Gasteiger partial charge in [-0.15, -0.1) is 11.3 Å². The van der Waals surface area contributed by atoms with E-state index in [1.807, 2.05) is 0 Å². The van der Waals surface area contributed by atoms with E-state index in [4.69, 9.17) is 10.5 Å². The van der Waals surface area contributed by atoms with Crippen molar-refractivity contribution in [3.8, 4) is 0 Å². The molecule has 0 atom stereocenters. The number of primary amides is 1. The number of nitrogens with two attached hydrogens (primary N) is 1. The first-order valence-electron chi connectivity index (χ1n) is 11.5. The standard InChI is InChI=1S/C23H28N4O6S2/c1-2-33-23(30)26-11-13-27(14-12-26)35(31,32)16-9-7-15(8-10-16)21(29)25-22-19(20(24)28)17-5-3-4-6-18(17)34-22/h7-10H,2-6,11-14H2,1H3,(H2,24,28)(H,25,29). The molecule has 1 aromatic heterocycles. The number of aryl methyl sites for hydroxylation is 1. The highest BCUT2D eigenvalue weighted by Gasteiger charge is 2.31. The summed E-state index contributed by atoms with van der Waals surface area (Å²) in [6.45, 7) is 2.77. The van der Waals surface area contributed by atoms with Crippen molar-refractivity contribution in [2.75, 3.05) is 38.1 Å². The van der Waals surface area contributed by atoms with E-state index in [1.165, 1.54) is 44.8 Å². The Balaban J connectivity index is 1.45. The van der Waals surface area contributed by atoms with Crippen molar-refractivity contribution in [3.05, 3.63) is 45.8 Å². The predicted octanol–water partition coefficient (Wildman–Crippen LogP) is 2.44. The molecule has 0 unspecified atom stereocenters. The topological polar surface area (TPSA) is 139 Å². The Labute approximate surface area is 208 Å². The van der Waals surface area contributed by atoms with Crippen molar-refractivity contribution in [2.45, 2.75) is 37.5 Å². The molecule has 12 heteroatoms. The van der Waals surface area contributed by atoms with Gasteiger partial charge in [0.1, 0.15) is 5.00 Å². The SMILES string of the molecule is CCOC(=O)N1CCN(S(=O)(=O)c2ccc(C(=O)Nc3sc4c(c3C(N)=O)CCCC4)cc2)CC1. The normalized spacial score (nSPS) is 16.4. The van der Waals surface area contributed by atoms with Crippen molar-refractivity contribution in [3.63, 3.8) is 0 Å². The smallest absolute Gasteiger partial charge is 0.409 e. The number of fused-ring (bicyclic) bond motifs is 1. The van der Waals surface area contributed by atoms with E-state index in [-0.39, 0.29) is 43.2 Å². The number of sulfonamides is 1. The lowest BCUT2D eigenvalue weighted by molar-refractivity contribution is 0.0933. The molecule has 3 N–H and O–H groups in total. The van der Waals surface area contributed by atoms with Crippen molar-refractivity contribution >= 4 is 44.3 Å². The summed E-state index contributed by atoms with van der Waals surface area (Å²) in [6, 6.07) is 5.65. The van der Waals surface area contributed by atoms with E-state index in [0.717, 1.165) is 36.1 Å². The maximum Gasteiger partial charge on any atom is 0.409 e. The van der Waals surface area contributed by atoms with E-state index in [1.54, 1.807) is 6.92 Å². The van der Waals surface area contributed by atoms with Crippen LogP contribution in [0.25, 0.3) is 0 Å². The lowest BCUT2D eigenvalue weighted by atomic mass is 9.95. The van der Waals surface area contributed by atoms with Crippen LogP contribution in [-0.4, -0.2) is 68.3 Å². The summed E-state index contributed by atoms with van der Waals surface area (Å²) >= 11 is 1.37. The highest BCUT2D eigenvalue weighted by Crippen LogP contribution is 2.38. The average Bonchev–Trinajstić information content (AvgIpc) is 3.22. The second kappa shape index (κ2) is 10.3. The van der Waals surface area contributed by atoms with Gasteiger partial charge in [0.2, 0.25) is 10.0 Å². The number of ether oxygens (including phenoxy) is 1. The van der Waals surface area contributed by atoms with Gasteiger partial charge >= 0.3 is 6.09 Å². The molecule has 1 aromatic carbocycles. The molecule has 10 nitrogen and oxygen atoms in total. The molecular formula is C23H28N4O6S2. The van der Waals surface area contributed by atoms with Crippen LogP contribution in [0.4, 0.5) is 9.80 Å². The second-order valence-electron chi connectivity index (χ2n) is 8.35. The van der Waals surface area contributed by atoms with Crippen molar-refractivity contribution in [1.82, 2.24) is 9.21 Å². The van der Waals surface area contributed by atoms with Crippen molar-refractivity contribution < 1.29 is 27.5 Å². The maximum absolute atomic E-state index is 13.0. The Morgan fingerprint density at radius 2 is 1.71 bits per heavy atom. The number of piperazine rings is 1. The number of benzene rings is 1. The van der Waals surface area contributed by atoms with Crippen LogP contribution in [0.1, 0.15) is 50.9 Å². The minimum Gasteiger partial charge on any atom is -0.450 e. The molecule has 0 bridgehead atoms. The van der Waals surface area contributed by atoms with Gasteiger partial charge in [-0.2, -0.15) is 4.31 Å². The highest BCUT2D eigenvalue weighted by molar-refractivity contribution is 7.89. The number of hydrogen-bond acceptors (Lipinski definition) is 7. The Bertz CT molecular complexity index is 1230. The van der Waals surface area contributed by atoms with Crippen LogP contribution in [0.5, 0.6) is 0 Å². The van der Waals surface area contributed by atoms with Gasteiger partial charge in [-0.3, -0.25) is 9.59 Å². The van der Waals surface area contributed by atoms with E-state index in [2.05, 4.69) is 5.32 Å². The summed E-state index contributed by atoms with van der Waals surface area (Å²) in [5.74, 6) is -1.01. The van der Waals surface area contributed by atoms with Crippen LogP contribution in [0, 0.1) is 0 Å². The molecule has 3 amide bonds. The number of thiophene rings is 1. The zero-order valence-electron chi connectivity index (χ0n) is 19.4. The molecule has 1 aliphatic carbocycles. The summed E-state index contributed by atoms with van der Waals surface area (Å²) in [4.78, 5) is 39.4. The molecule has 4 rings (SSSR count). The lowest BCUT2D eigenvalue weighted by Gasteiger charge is -2.33. The molecule has 1 aliphatic heterocycles. The first-order valence-corrected chi connectivity index (χ1v) is 13.8.